The molecule has 0 bridgehead atoms. The fourth-order valence-electron chi connectivity index (χ4n) is 1.96. The Morgan fingerprint density at radius 3 is 2.67 bits per heavy atom. The fourth-order valence-corrected chi connectivity index (χ4v) is 2.56. The Morgan fingerprint density at radius 2 is 2.14 bits per heavy atom. The molecule has 21 heavy (non-hydrogen) atoms. The van der Waals surface area contributed by atoms with Crippen molar-refractivity contribution in [3.63, 3.8) is 0 Å². The van der Waals surface area contributed by atoms with Crippen LogP contribution in [0.5, 0.6) is 0 Å². The van der Waals surface area contributed by atoms with Gasteiger partial charge in [0.05, 0.1) is 12.2 Å². The molecule has 116 valence electrons. The number of aliphatic carboxylic acids is 1. The lowest BCUT2D eigenvalue weighted by Gasteiger charge is -2.38. The smallest absolute Gasteiger partial charge is 0.303 e. The van der Waals surface area contributed by atoms with Crippen LogP contribution in [-0.4, -0.2) is 36.8 Å². The Hall–Kier alpha value is -1.86. The lowest BCUT2D eigenvalue weighted by molar-refractivity contribution is -0.137. The number of allylic oxidation sites excluding steroid dienone is 4. The Morgan fingerprint density at radius 1 is 1.48 bits per heavy atom. The number of hydrogen-bond donors (Lipinski definition) is 1. The van der Waals surface area contributed by atoms with Gasteiger partial charge in [-0.15, -0.1) is 0 Å². The zero-order valence-corrected chi connectivity index (χ0v) is 12.4. The van der Waals surface area contributed by atoms with Crippen molar-refractivity contribution in [3.05, 3.63) is 48.9 Å². The van der Waals surface area contributed by atoms with Gasteiger partial charge in [-0.2, -0.15) is 0 Å². The van der Waals surface area contributed by atoms with Crippen LogP contribution in [0.2, 0.25) is 0 Å². The van der Waals surface area contributed by atoms with Crippen LogP contribution in [0.15, 0.2) is 48.9 Å². The van der Waals surface area contributed by atoms with E-state index in [1.54, 1.807) is 12.2 Å². The summed E-state index contributed by atoms with van der Waals surface area (Å²) in [7, 11) is 0. The highest BCUT2D eigenvalue weighted by Crippen LogP contribution is 2.28. The predicted octanol–water partition coefficient (Wildman–Crippen LogP) is 1.88. The summed E-state index contributed by atoms with van der Waals surface area (Å²) in [5.74, 6) is -0.509. The maximum Gasteiger partial charge on any atom is 0.303 e. The van der Waals surface area contributed by atoms with Crippen molar-refractivity contribution >= 4 is 17.2 Å². The van der Waals surface area contributed by atoms with E-state index in [1.165, 1.54) is 16.5 Å². The minimum Gasteiger partial charge on any atom is -0.755 e. The summed E-state index contributed by atoms with van der Waals surface area (Å²) in [6, 6.07) is 0. The molecule has 1 unspecified atom stereocenters. The van der Waals surface area contributed by atoms with Gasteiger partial charge >= 0.3 is 5.97 Å². The molecular formula is C14H18NO5S-. The summed E-state index contributed by atoms with van der Waals surface area (Å²) in [5.41, 5.74) is 0.382. The van der Waals surface area contributed by atoms with Crippen molar-refractivity contribution in [2.45, 2.75) is 25.4 Å². The van der Waals surface area contributed by atoms with Crippen LogP contribution < -0.4 is 0 Å². The maximum absolute atomic E-state index is 11.4. The van der Waals surface area contributed by atoms with Gasteiger partial charge in [-0.25, -0.2) is 0 Å². The van der Waals surface area contributed by atoms with Crippen molar-refractivity contribution in [2.75, 3.05) is 6.54 Å². The topological polar surface area (TPSA) is 89.9 Å². The van der Waals surface area contributed by atoms with Crippen LogP contribution >= 0.6 is 0 Å². The van der Waals surface area contributed by atoms with Gasteiger partial charge in [0, 0.05) is 17.7 Å². The molecule has 1 aliphatic rings. The van der Waals surface area contributed by atoms with Gasteiger partial charge in [0.1, 0.15) is 11.9 Å². The van der Waals surface area contributed by atoms with Gasteiger partial charge in [-0.05, 0) is 25.0 Å². The van der Waals surface area contributed by atoms with Crippen molar-refractivity contribution in [1.29, 1.82) is 0 Å². The highest BCUT2D eigenvalue weighted by molar-refractivity contribution is 7.76. The number of carboxylic acids is 1. The number of hydrogen-bond acceptors (Lipinski definition) is 4. The van der Waals surface area contributed by atoms with Gasteiger partial charge in [0.25, 0.3) is 0 Å². The summed E-state index contributed by atoms with van der Waals surface area (Å²) in [6.07, 6.45) is 6.58. The monoisotopic (exact) mass is 312 g/mol. The third kappa shape index (κ3) is 5.20. The molecule has 1 N–H and O–H groups in total. The van der Waals surface area contributed by atoms with E-state index in [1.807, 2.05) is 0 Å². The van der Waals surface area contributed by atoms with Crippen molar-refractivity contribution in [2.24, 2.45) is 0 Å². The van der Waals surface area contributed by atoms with E-state index < -0.39 is 23.3 Å². The van der Waals surface area contributed by atoms with E-state index in [0.717, 1.165) is 0 Å². The molecule has 6 nitrogen and oxygen atoms in total. The van der Waals surface area contributed by atoms with E-state index in [4.69, 9.17) is 9.84 Å². The first-order chi connectivity index (χ1) is 9.99. The minimum atomic E-state index is -2.45. The zero-order valence-electron chi connectivity index (χ0n) is 11.6. The van der Waals surface area contributed by atoms with Crippen molar-refractivity contribution < 1.29 is 23.4 Å². The van der Waals surface area contributed by atoms with Gasteiger partial charge in [0.2, 0.25) is 0 Å². The Labute approximate surface area is 126 Å². The van der Waals surface area contributed by atoms with E-state index in [9.17, 15) is 13.6 Å². The first kappa shape index (κ1) is 17.2. The molecule has 7 heteroatoms. The van der Waals surface area contributed by atoms with Gasteiger partial charge < -0.3 is 14.4 Å². The second kappa shape index (κ2) is 8.43. The van der Waals surface area contributed by atoms with Crippen molar-refractivity contribution in [1.82, 2.24) is 4.31 Å². The van der Waals surface area contributed by atoms with E-state index >= 15 is 0 Å². The molecular weight excluding hydrogens is 294 g/mol. The molecule has 0 aromatic heterocycles. The number of carbonyl (C=O) groups is 1. The van der Waals surface area contributed by atoms with E-state index in [0.29, 0.717) is 24.3 Å². The third-order valence-electron chi connectivity index (χ3n) is 2.83. The highest BCUT2D eigenvalue weighted by atomic mass is 32.2. The Balaban J connectivity index is 2.90. The lowest BCUT2D eigenvalue weighted by Crippen LogP contribution is -2.40. The molecule has 1 fully saturated rings. The molecule has 1 aliphatic heterocycles. The normalized spacial score (nSPS) is 23.7. The van der Waals surface area contributed by atoms with Crippen LogP contribution in [0.1, 0.15) is 19.3 Å². The SMILES string of the molecule is C=C/C=C1/O[C@@H](CCCC(=O)O)CN(S(=O)[O-])/C1=C/C=C. The number of ether oxygens (including phenoxy) is 1. The van der Waals surface area contributed by atoms with Crippen LogP contribution in [0, 0.1) is 0 Å². The van der Waals surface area contributed by atoms with E-state index in [-0.39, 0.29) is 13.0 Å². The molecule has 0 aromatic rings. The standard InChI is InChI=1S/C14H19NO5S/c1-3-6-12-13(7-4-2)20-11(8-5-9-14(16)17)10-15(12)21(18)19/h3-4,6-7,11H,1-2,5,8-10H2,(H,16,17)(H,18,19)/p-1/b12-6+,13-7+/t11-/m0/s1. The molecule has 1 heterocycles. The van der Waals surface area contributed by atoms with Gasteiger partial charge in [-0.3, -0.25) is 13.3 Å². The molecule has 0 aromatic carbocycles. The number of morpholine rings is 1. The zero-order chi connectivity index (χ0) is 15.8. The molecule has 2 atom stereocenters. The number of nitrogens with zero attached hydrogens (tertiary/aromatic N) is 1. The number of rotatable bonds is 7. The second-order valence-corrected chi connectivity index (χ2v) is 5.23. The summed E-state index contributed by atoms with van der Waals surface area (Å²) in [6.45, 7) is 7.27. The van der Waals surface area contributed by atoms with Crippen LogP contribution in [0.25, 0.3) is 0 Å². The third-order valence-corrected chi connectivity index (χ3v) is 3.53. The quantitative estimate of drug-likeness (QED) is 0.725. The largest absolute Gasteiger partial charge is 0.755 e. The Bertz CT molecular complexity index is 498. The van der Waals surface area contributed by atoms with Crippen LogP contribution in [0.4, 0.5) is 0 Å². The van der Waals surface area contributed by atoms with E-state index in [2.05, 4.69) is 13.2 Å². The molecule has 0 radical (unpaired) electrons. The summed E-state index contributed by atoms with van der Waals surface area (Å²) < 4.78 is 29.6. The summed E-state index contributed by atoms with van der Waals surface area (Å²) >= 11 is -2.45. The number of carboxylic acid groups (broad SMARTS) is 1. The fraction of sp³-hybridized carbons (Fsp3) is 0.357. The highest BCUT2D eigenvalue weighted by Gasteiger charge is 2.28. The molecule has 0 saturated carbocycles. The van der Waals surface area contributed by atoms with Crippen molar-refractivity contribution in [3.8, 4) is 0 Å². The Kier molecular flexibility index (Phi) is 6.90. The van der Waals surface area contributed by atoms with Crippen LogP contribution in [0.3, 0.4) is 0 Å². The predicted molar refractivity (Wildman–Crippen MR) is 78.5 cm³/mol. The van der Waals surface area contributed by atoms with Gasteiger partial charge in [0.15, 0.2) is 0 Å². The second-order valence-electron chi connectivity index (χ2n) is 4.36. The summed E-state index contributed by atoms with van der Waals surface area (Å²) in [5, 5.41) is 8.64. The first-order valence-corrected chi connectivity index (χ1v) is 7.44. The lowest BCUT2D eigenvalue weighted by atomic mass is 10.1. The molecule has 0 spiro atoms. The maximum atomic E-state index is 11.4. The average Bonchev–Trinajstić information content (AvgIpc) is 2.41. The van der Waals surface area contributed by atoms with Gasteiger partial charge in [-0.1, -0.05) is 25.3 Å². The van der Waals surface area contributed by atoms with Crippen LogP contribution in [-0.2, 0) is 20.8 Å². The summed E-state index contributed by atoms with van der Waals surface area (Å²) in [4.78, 5) is 10.5. The minimum absolute atomic E-state index is 0.0240. The average molecular weight is 312 g/mol. The molecule has 0 aliphatic carbocycles. The molecule has 1 rings (SSSR count). The molecule has 1 saturated heterocycles. The molecule has 0 amide bonds. The first-order valence-electron chi connectivity index (χ1n) is 6.40.